The van der Waals surface area contributed by atoms with Crippen molar-refractivity contribution in [3.8, 4) is 45.3 Å². The second-order valence-electron chi connectivity index (χ2n) is 15.5. The summed E-state index contributed by atoms with van der Waals surface area (Å²) in [6.45, 7) is 0. The van der Waals surface area contributed by atoms with Gasteiger partial charge in [0, 0.05) is 53.2 Å². The Kier molecular flexibility index (Phi) is 8.01. The van der Waals surface area contributed by atoms with Crippen LogP contribution in [0.25, 0.3) is 97.8 Å². The summed E-state index contributed by atoms with van der Waals surface area (Å²) in [7, 11) is 32.2. The van der Waals surface area contributed by atoms with E-state index in [-0.39, 0.29) is 33.1 Å². The largest absolute Gasteiger partial charge is 0.309 e. The van der Waals surface area contributed by atoms with Gasteiger partial charge >= 0.3 is 0 Å². The van der Waals surface area contributed by atoms with Gasteiger partial charge in [0.1, 0.15) is 39.2 Å². The lowest BCUT2D eigenvalue weighted by Gasteiger charge is -2.35. The number of thiophene rings is 1. The third-order valence-electron chi connectivity index (χ3n) is 12.1. The highest BCUT2D eigenvalue weighted by atomic mass is 32.1. The minimum atomic E-state index is 0.123. The number of hydrogen-bond donors (Lipinski definition) is 0. The molecule has 61 heavy (non-hydrogen) atoms. The van der Waals surface area contributed by atoms with E-state index < -0.39 is 0 Å². The Morgan fingerprint density at radius 3 is 1.75 bits per heavy atom. The summed E-state index contributed by atoms with van der Waals surface area (Å²) < 4.78 is 2.32. The summed E-state index contributed by atoms with van der Waals surface area (Å²) in [6, 6.07) is 53.6. The molecule has 2 aromatic heterocycles. The number of anilines is 3. The molecule has 0 bridgehead atoms. The van der Waals surface area contributed by atoms with E-state index in [4.69, 9.17) is 54.2 Å². The maximum atomic E-state index is 6.62. The zero-order valence-corrected chi connectivity index (χ0v) is 33.3. The van der Waals surface area contributed by atoms with Crippen LogP contribution in [-0.2, 0) is 0 Å². The van der Waals surface area contributed by atoms with Crippen molar-refractivity contribution in [1.82, 2.24) is 15.0 Å². The average molecular weight is 780 g/mol. The molecule has 11 aromatic rings. The molecule has 1 aliphatic rings. The number of aromatic nitrogens is 3. The van der Waals surface area contributed by atoms with E-state index in [0.717, 1.165) is 43.7 Å². The molecule has 0 N–H and O–H groups in total. The number of nitrogens with zero attached hydrogens (tertiary/aromatic N) is 4. The van der Waals surface area contributed by atoms with Crippen LogP contribution in [0.3, 0.4) is 0 Å². The van der Waals surface area contributed by atoms with Gasteiger partial charge in [-0.1, -0.05) is 126 Å². The summed E-state index contributed by atoms with van der Waals surface area (Å²) in [5.74, 6) is 1.12. The van der Waals surface area contributed by atoms with Crippen LogP contribution in [0, 0.1) is 0 Å². The second-order valence-corrected chi connectivity index (χ2v) is 16.6. The number of benzene rings is 9. The van der Waals surface area contributed by atoms with Gasteiger partial charge in [-0.25, -0.2) is 15.0 Å². The lowest BCUT2D eigenvalue weighted by molar-refractivity contribution is 1.08. The number of rotatable bonds is 4. The summed E-state index contributed by atoms with van der Waals surface area (Å²) in [6.07, 6.45) is 0. The van der Waals surface area contributed by atoms with Gasteiger partial charge in [-0.15, -0.1) is 27.7 Å². The Labute approximate surface area is 362 Å². The predicted molar refractivity (Wildman–Crippen MR) is 262 cm³/mol. The first-order valence-corrected chi connectivity index (χ1v) is 20.7. The van der Waals surface area contributed by atoms with Crippen molar-refractivity contribution in [3.63, 3.8) is 0 Å². The van der Waals surface area contributed by atoms with Crippen molar-refractivity contribution >= 4 is 147 Å². The fraction of sp³-hybridized carbons (Fsp3) is 0. The zero-order chi connectivity index (χ0) is 41.1. The van der Waals surface area contributed by atoms with Gasteiger partial charge in [0.15, 0.2) is 17.5 Å². The van der Waals surface area contributed by atoms with Crippen molar-refractivity contribution < 1.29 is 0 Å². The fourth-order valence-corrected chi connectivity index (χ4v) is 10.3. The van der Waals surface area contributed by atoms with E-state index >= 15 is 0 Å². The molecule has 9 aromatic carbocycles. The fourth-order valence-electron chi connectivity index (χ4n) is 9.14. The van der Waals surface area contributed by atoms with Crippen LogP contribution in [0.1, 0.15) is 0 Å². The number of hydrogen-bond acceptors (Lipinski definition) is 5. The summed E-state index contributed by atoms with van der Waals surface area (Å²) in [5.41, 5.74) is 8.36. The standard InChI is InChI=1S/C51H25B5N4S/c52-44-43(45(53)47(55)48(56)46(44)54)51-58-49(57-50(59-51)30-19-22-34-33-13-3-4-17-39(33)61-40(34)25-30)29-18-21-31-28(24-29)11-7-15-36(31)60-37-16-6-10-27-9-5-14-35(41(27)37)42-32-12-2-1-8-26(32)20-23-38(42)60/h1-25H. The van der Waals surface area contributed by atoms with Crippen LogP contribution in [-0.4, -0.2) is 54.2 Å². The molecule has 270 valence electrons. The van der Waals surface area contributed by atoms with Crippen molar-refractivity contribution in [2.75, 3.05) is 4.90 Å². The van der Waals surface area contributed by atoms with Crippen LogP contribution in [0.2, 0.25) is 0 Å². The van der Waals surface area contributed by atoms with E-state index in [2.05, 4.69) is 150 Å². The third-order valence-corrected chi connectivity index (χ3v) is 13.2. The predicted octanol–water partition coefficient (Wildman–Crippen LogP) is 8.12. The minimum Gasteiger partial charge on any atom is -0.309 e. The molecular weight excluding hydrogens is 755 g/mol. The van der Waals surface area contributed by atoms with Gasteiger partial charge in [-0.2, -0.15) is 0 Å². The molecule has 0 atom stereocenters. The SMILES string of the molecule is [B]c1c([B])c([B])c(-c2nc(-c3ccc4c(N5c6ccc7ccccc7c6-c6cccc7cccc5c67)cccc4c3)nc(-c3ccc4c(c3)sc3ccccc34)n2)c([B])c1[B]. The van der Waals surface area contributed by atoms with E-state index in [1.807, 2.05) is 6.07 Å². The first-order chi connectivity index (χ1) is 29.8. The molecule has 0 spiro atoms. The van der Waals surface area contributed by atoms with Crippen molar-refractivity contribution in [3.05, 3.63) is 152 Å². The van der Waals surface area contributed by atoms with Crippen LogP contribution in [0.5, 0.6) is 0 Å². The molecule has 3 heterocycles. The average Bonchev–Trinajstić information content (AvgIpc) is 3.68. The van der Waals surface area contributed by atoms with Crippen LogP contribution < -0.4 is 32.2 Å². The van der Waals surface area contributed by atoms with Crippen molar-refractivity contribution in [2.45, 2.75) is 0 Å². The van der Waals surface area contributed by atoms with E-state index in [9.17, 15) is 0 Å². The Morgan fingerprint density at radius 2 is 0.967 bits per heavy atom. The Morgan fingerprint density at radius 1 is 0.377 bits per heavy atom. The van der Waals surface area contributed by atoms with Crippen LogP contribution >= 0.6 is 11.3 Å². The van der Waals surface area contributed by atoms with Gasteiger partial charge < -0.3 is 4.90 Å². The summed E-state index contributed by atoms with van der Waals surface area (Å²) >= 11 is 1.73. The van der Waals surface area contributed by atoms with Crippen molar-refractivity contribution in [2.24, 2.45) is 0 Å². The highest BCUT2D eigenvalue weighted by Gasteiger charge is 2.28. The molecule has 0 fully saturated rings. The van der Waals surface area contributed by atoms with E-state index in [1.165, 1.54) is 48.1 Å². The van der Waals surface area contributed by atoms with Gasteiger partial charge in [-0.3, -0.25) is 0 Å². The Balaban J connectivity index is 1.06. The Bertz CT molecular complexity index is 3660. The summed E-state index contributed by atoms with van der Waals surface area (Å²) in [4.78, 5) is 17.5. The highest BCUT2D eigenvalue weighted by molar-refractivity contribution is 7.25. The summed E-state index contributed by atoms with van der Waals surface area (Å²) in [5, 5.41) is 9.29. The van der Waals surface area contributed by atoms with Crippen molar-refractivity contribution in [1.29, 1.82) is 0 Å². The monoisotopic (exact) mass is 780 g/mol. The highest BCUT2D eigenvalue weighted by Crippen LogP contribution is 2.54. The lowest BCUT2D eigenvalue weighted by Crippen LogP contribution is -2.55. The quantitative estimate of drug-likeness (QED) is 0.170. The zero-order valence-electron chi connectivity index (χ0n) is 32.5. The molecule has 0 saturated carbocycles. The molecule has 1 aliphatic heterocycles. The minimum absolute atomic E-state index is 0.123. The maximum Gasteiger partial charge on any atom is 0.164 e. The number of fused-ring (bicyclic) bond motifs is 8. The second kappa shape index (κ2) is 13.6. The molecular formula is C51H25B5N4S. The van der Waals surface area contributed by atoms with Gasteiger partial charge in [-0.05, 0) is 63.5 Å². The lowest BCUT2D eigenvalue weighted by atomic mass is 9.60. The van der Waals surface area contributed by atoms with Crippen LogP contribution in [0.15, 0.2) is 152 Å². The molecule has 4 nitrogen and oxygen atoms in total. The topological polar surface area (TPSA) is 41.9 Å². The van der Waals surface area contributed by atoms with Gasteiger partial charge in [0.25, 0.3) is 0 Å². The van der Waals surface area contributed by atoms with E-state index in [0.29, 0.717) is 17.2 Å². The molecule has 0 amide bonds. The van der Waals surface area contributed by atoms with E-state index in [1.54, 1.807) is 11.3 Å². The third kappa shape index (κ3) is 5.41. The smallest absolute Gasteiger partial charge is 0.164 e. The molecule has 0 unspecified atom stereocenters. The molecule has 12 rings (SSSR count). The van der Waals surface area contributed by atoms with Gasteiger partial charge in [0.2, 0.25) is 0 Å². The molecule has 10 heteroatoms. The Hall–Kier alpha value is -6.89. The molecule has 0 aliphatic carbocycles. The molecule has 10 radical (unpaired) electrons. The first-order valence-electron chi connectivity index (χ1n) is 19.9. The molecule has 0 saturated heterocycles. The van der Waals surface area contributed by atoms with Crippen LogP contribution in [0.4, 0.5) is 17.1 Å². The maximum absolute atomic E-state index is 6.62. The van der Waals surface area contributed by atoms with Gasteiger partial charge in [0.05, 0.1) is 17.1 Å². The normalized spacial score (nSPS) is 12.2. The first kappa shape index (κ1) is 36.0.